The molecule has 0 aliphatic carbocycles. The summed E-state index contributed by atoms with van der Waals surface area (Å²) in [6.45, 7) is 5.41. The summed E-state index contributed by atoms with van der Waals surface area (Å²) >= 11 is 12.0. The van der Waals surface area contributed by atoms with Gasteiger partial charge in [0.25, 0.3) is 0 Å². The topological polar surface area (TPSA) is 44.1 Å². The first kappa shape index (κ1) is 14.1. The molecule has 1 aromatic rings. The molecular formula is C13H15Cl2NO. The van der Waals surface area contributed by atoms with Crippen molar-refractivity contribution in [1.29, 1.82) is 5.41 Å². The molecule has 0 saturated heterocycles. The molecule has 4 heteroatoms. The molecule has 0 aliphatic heterocycles. The predicted molar refractivity (Wildman–Crippen MR) is 73.5 cm³/mol. The van der Waals surface area contributed by atoms with Gasteiger partial charge in [0, 0.05) is 17.1 Å². The zero-order valence-corrected chi connectivity index (χ0v) is 11.5. The van der Waals surface area contributed by atoms with Crippen LogP contribution in [0.1, 0.15) is 26.3 Å². The summed E-state index contributed by atoms with van der Waals surface area (Å²) in [4.78, 5) is 0. The maximum absolute atomic E-state index is 9.86. The van der Waals surface area contributed by atoms with Crippen molar-refractivity contribution in [3.8, 4) is 0 Å². The minimum Gasteiger partial charge on any atom is -0.512 e. The molecule has 0 bridgehead atoms. The van der Waals surface area contributed by atoms with Crippen molar-refractivity contribution in [2.45, 2.75) is 20.8 Å². The lowest BCUT2D eigenvalue weighted by molar-refractivity contribution is 0.348. The molecule has 2 N–H and O–H groups in total. The fourth-order valence-corrected chi connectivity index (χ4v) is 2.07. The smallest absolute Gasteiger partial charge is 0.0998 e. The average Bonchev–Trinajstić information content (AvgIpc) is 2.26. The van der Waals surface area contributed by atoms with Gasteiger partial charge in [-0.3, -0.25) is 5.41 Å². The highest BCUT2D eigenvalue weighted by Gasteiger charge is 2.16. The quantitative estimate of drug-likeness (QED) is 0.599. The molecular weight excluding hydrogens is 257 g/mol. The lowest BCUT2D eigenvalue weighted by Crippen LogP contribution is -2.08. The molecule has 0 saturated carbocycles. The van der Waals surface area contributed by atoms with Gasteiger partial charge in [-0.05, 0) is 19.1 Å². The summed E-state index contributed by atoms with van der Waals surface area (Å²) in [6, 6.07) is 5.08. The van der Waals surface area contributed by atoms with E-state index < -0.39 is 0 Å². The molecule has 0 atom stereocenters. The van der Waals surface area contributed by atoms with E-state index in [0.29, 0.717) is 21.2 Å². The number of hydrogen-bond acceptors (Lipinski definition) is 2. The van der Waals surface area contributed by atoms with Crippen LogP contribution in [0.3, 0.4) is 0 Å². The highest BCUT2D eigenvalue weighted by Crippen LogP contribution is 2.28. The molecule has 0 unspecified atom stereocenters. The van der Waals surface area contributed by atoms with Crippen LogP contribution >= 0.6 is 23.2 Å². The van der Waals surface area contributed by atoms with E-state index in [1.54, 1.807) is 25.1 Å². The van der Waals surface area contributed by atoms with Crippen molar-refractivity contribution >= 4 is 28.9 Å². The predicted octanol–water partition coefficient (Wildman–Crippen LogP) is 4.85. The van der Waals surface area contributed by atoms with E-state index in [-0.39, 0.29) is 17.4 Å². The molecule has 0 spiro atoms. The van der Waals surface area contributed by atoms with E-state index in [1.165, 1.54) is 0 Å². The van der Waals surface area contributed by atoms with Crippen LogP contribution < -0.4 is 0 Å². The zero-order chi connectivity index (χ0) is 13.2. The monoisotopic (exact) mass is 271 g/mol. The van der Waals surface area contributed by atoms with E-state index in [4.69, 9.17) is 28.6 Å². The van der Waals surface area contributed by atoms with Gasteiger partial charge in [-0.2, -0.15) is 0 Å². The standard InChI is InChI=1S/C13H15Cl2NO/c1-7(2)13(17)8(3)12(16)11-9(14)5-4-6-10(11)15/h4-7,16-17H,1-3H3/b13-8-,16-12?. The van der Waals surface area contributed by atoms with Crippen LogP contribution in [0.25, 0.3) is 0 Å². The van der Waals surface area contributed by atoms with Crippen molar-refractivity contribution in [1.82, 2.24) is 0 Å². The first-order chi connectivity index (χ1) is 7.86. The van der Waals surface area contributed by atoms with Crippen molar-refractivity contribution in [3.63, 3.8) is 0 Å². The number of nitrogens with one attached hydrogen (secondary N) is 1. The van der Waals surface area contributed by atoms with Crippen LogP contribution in [0.2, 0.25) is 10.0 Å². The van der Waals surface area contributed by atoms with Gasteiger partial charge in [-0.25, -0.2) is 0 Å². The van der Waals surface area contributed by atoms with Gasteiger partial charge < -0.3 is 5.11 Å². The van der Waals surface area contributed by atoms with E-state index in [0.717, 1.165) is 0 Å². The fourth-order valence-electron chi connectivity index (χ4n) is 1.49. The highest BCUT2D eigenvalue weighted by molar-refractivity contribution is 6.41. The van der Waals surface area contributed by atoms with Crippen LogP contribution in [0.15, 0.2) is 29.5 Å². The summed E-state index contributed by atoms with van der Waals surface area (Å²) in [5, 5.41) is 18.7. The molecule has 0 aliphatic rings. The van der Waals surface area contributed by atoms with Crippen LogP contribution in [-0.2, 0) is 0 Å². The molecule has 1 aromatic carbocycles. The molecule has 2 nitrogen and oxygen atoms in total. The van der Waals surface area contributed by atoms with Gasteiger partial charge in [0.1, 0.15) is 0 Å². The summed E-state index contributed by atoms with van der Waals surface area (Å²) < 4.78 is 0. The number of rotatable bonds is 3. The number of allylic oxidation sites excluding steroid dienone is 2. The fraction of sp³-hybridized carbons (Fsp3) is 0.308. The van der Waals surface area contributed by atoms with Crippen molar-refractivity contribution in [2.75, 3.05) is 0 Å². The molecule has 1 rings (SSSR count). The lowest BCUT2D eigenvalue weighted by atomic mass is 9.99. The zero-order valence-electron chi connectivity index (χ0n) is 10.0. The highest BCUT2D eigenvalue weighted by atomic mass is 35.5. The van der Waals surface area contributed by atoms with Crippen LogP contribution in [0.4, 0.5) is 0 Å². The normalized spacial score (nSPS) is 12.6. The van der Waals surface area contributed by atoms with Gasteiger partial charge in [0.15, 0.2) is 0 Å². The molecule has 0 fully saturated rings. The number of aliphatic hydroxyl groups is 1. The second-order valence-corrected chi connectivity index (χ2v) is 4.95. The number of halogens is 2. The summed E-state index contributed by atoms with van der Waals surface area (Å²) in [5.41, 5.74) is 1.11. The Labute approximate surface area is 111 Å². The van der Waals surface area contributed by atoms with Crippen LogP contribution in [0, 0.1) is 11.3 Å². The van der Waals surface area contributed by atoms with Crippen LogP contribution in [0.5, 0.6) is 0 Å². The van der Waals surface area contributed by atoms with Gasteiger partial charge >= 0.3 is 0 Å². The molecule has 0 heterocycles. The van der Waals surface area contributed by atoms with Crippen molar-refractivity contribution < 1.29 is 5.11 Å². The Morgan fingerprint density at radius 2 is 1.71 bits per heavy atom. The Hall–Kier alpha value is -0.990. The van der Waals surface area contributed by atoms with E-state index in [1.807, 2.05) is 13.8 Å². The second-order valence-electron chi connectivity index (χ2n) is 4.14. The second kappa shape index (κ2) is 5.56. The first-order valence-electron chi connectivity index (χ1n) is 5.29. The summed E-state index contributed by atoms with van der Waals surface area (Å²) in [7, 11) is 0. The van der Waals surface area contributed by atoms with Gasteiger partial charge in [0.2, 0.25) is 0 Å². The van der Waals surface area contributed by atoms with Gasteiger partial charge in [0.05, 0.1) is 21.5 Å². The molecule has 92 valence electrons. The molecule has 17 heavy (non-hydrogen) atoms. The number of aliphatic hydroxyl groups excluding tert-OH is 1. The molecule has 0 amide bonds. The van der Waals surface area contributed by atoms with Crippen molar-refractivity contribution in [2.24, 2.45) is 5.92 Å². The van der Waals surface area contributed by atoms with E-state index in [2.05, 4.69) is 0 Å². The molecule has 0 radical (unpaired) electrons. The minimum atomic E-state index is -0.0309. The lowest BCUT2D eigenvalue weighted by Gasteiger charge is -2.13. The maximum Gasteiger partial charge on any atom is 0.0998 e. The Bertz CT molecular complexity index is 458. The van der Waals surface area contributed by atoms with Crippen LogP contribution in [-0.4, -0.2) is 10.8 Å². The summed E-state index contributed by atoms with van der Waals surface area (Å²) in [5.74, 6) is 0.155. The van der Waals surface area contributed by atoms with Crippen molar-refractivity contribution in [3.05, 3.63) is 45.1 Å². The van der Waals surface area contributed by atoms with Gasteiger partial charge in [-0.1, -0.05) is 43.1 Å². The third kappa shape index (κ3) is 3.02. The Morgan fingerprint density at radius 1 is 1.24 bits per heavy atom. The number of benzene rings is 1. The maximum atomic E-state index is 9.86. The minimum absolute atomic E-state index is 0.0309. The Balaban J connectivity index is 3.27. The Kier molecular flexibility index (Phi) is 4.61. The SMILES string of the molecule is C/C(C(=N)c1c(Cl)cccc1Cl)=C(/O)C(C)C. The first-order valence-corrected chi connectivity index (χ1v) is 6.04. The van der Waals surface area contributed by atoms with E-state index in [9.17, 15) is 5.11 Å². The molecule has 0 aromatic heterocycles. The van der Waals surface area contributed by atoms with E-state index >= 15 is 0 Å². The average molecular weight is 272 g/mol. The number of hydrogen-bond donors (Lipinski definition) is 2. The third-order valence-corrected chi connectivity index (χ3v) is 3.15. The summed E-state index contributed by atoms with van der Waals surface area (Å²) in [6.07, 6.45) is 0. The third-order valence-electron chi connectivity index (χ3n) is 2.52. The Morgan fingerprint density at radius 3 is 2.12 bits per heavy atom. The largest absolute Gasteiger partial charge is 0.512 e. The van der Waals surface area contributed by atoms with Gasteiger partial charge in [-0.15, -0.1) is 0 Å².